The molecule has 3 atom stereocenters. The number of hydrogen-bond donors (Lipinski definition) is 0. The first-order valence-corrected chi connectivity index (χ1v) is 8.99. The minimum Gasteiger partial charge on any atom is -0.466 e. The first kappa shape index (κ1) is 20.1. The molecule has 1 fully saturated rings. The number of carbonyl (C=O) groups is 3. The third-order valence-corrected chi connectivity index (χ3v) is 5.36. The van der Waals surface area contributed by atoms with E-state index in [1.807, 2.05) is 0 Å². The maximum Gasteiger partial charge on any atom is 0.320 e. The van der Waals surface area contributed by atoms with Crippen LogP contribution < -0.4 is 0 Å². The van der Waals surface area contributed by atoms with E-state index in [0.717, 1.165) is 5.57 Å². The van der Waals surface area contributed by atoms with Crippen LogP contribution in [0.5, 0.6) is 0 Å². The quantitative estimate of drug-likeness (QED) is 0.306. The van der Waals surface area contributed by atoms with Gasteiger partial charge in [-0.3, -0.25) is 24.5 Å². The number of allylic oxidation sites excluding steroid dienone is 1. The van der Waals surface area contributed by atoms with Crippen molar-refractivity contribution < 1.29 is 28.8 Å². The van der Waals surface area contributed by atoms with Gasteiger partial charge in [-0.2, -0.15) is 0 Å². The Kier molecular flexibility index (Phi) is 6.15. The molecule has 0 spiro atoms. The highest BCUT2D eigenvalue weighted by molar-refractivity contribution is 6.15. The molecule has 8 heteroatoms. The number of nitro groups is 1. The van der Waals surface area contributed by atoms with Crippen LogP contribution in [-0.2, 0) is 23.9 Å². The number of carbonyl (C=O) groups excluding carboxylic acids is 3. The molecule has 2 aliphatic carbocycles. The molecule has 0 radical (unpaired) electrons. The molecule has 26 heavy (non-hydrogen) atoms. The Balaban J connectivity index is 2.45. The van der Waals surface area contributed by atoms with Gasteiger partial charge >= 0.3 is 11.9 Å². The van der Waals surface area contributed by atoms with E-state index in [4.69, 9.17) is 9.47 Å². The topological polar surface area (TPSA) is 113 Å². The normalized spacial score (nSPS) is 28.3. The van der Waals surface area contributed by atoms with Gasteiger partial charge in [-0.1, -0.05) is 5.57 Å². The molecule has 1 saturated carbocycles. The molecule has 2 rings (SSSR count). The summed E-state index contributed by atoms with van der Waals surface area (Å²) in [5.41, 5.74) is -0.551. The highest BCUT2D eigenvalue weighted by Gasteiger charge is 2.57. The first-order valence-electron chi connectivity index (χ1n) is 8.99. The highest BCUT2D eigenvalue weighted by atomic mass is 16.6. The lowest BCUT2D eigenvalue weighted by molar-refractivity contribution is -0.532. The van der Waals surface area contributed by atoms with Crippen LogP contribution in [0.3, 0.4) is 0 Å². The van der Waals surface area contributed by atoms with Crippen LogP contribution in [0.15, 0.2) is 11.1 Å². The Labute approximate surface area is 152 Å². The molecule has 0 N–H and O–H groups in total. The largest absolute Gasteiger partial charge is 0.466 e. The van der Waals surface area contributed by atoms with E-state index in [0.29, 0.717) is 24.8 Å². The average Bonchev–Trinajstić information content (AvgIpc) is 2.57. The third-order valence-electron chi connectivity index (χ3n) is 5.36. The van der Waals surface area contributed by atoms with Crippen LogP contribution in [-0.4, -0.2) is 41.9 Å². The second-order valence-electron chi connectivity index (χ2n) is 6.84. The van der Waals surface area contributed by atoms with Crippen LogP contribution in [0.1, 0.15) is 52.9 Å². The summed E-state index contributed by atoms with van der Waals surface area (Å²) in [6, 6.07) is -0.833. The first-order chi connectivity index (χ1) is 12.3. The number of rotatable bonds is 6. The molecule has 0 aliphatic heterocycles. The zero-order valence-corrected chi connectivity index (χ0v) is 15.4. The van der Waals surface area contributed by atoms with Crippen molar-refractivity contribution in [1.82, 2.24) is 0 Å². The average molecular weight is 367 g/mol. The lowest BCUT2D eigenvalue weighted by atomic mass is 9.60. The fraction of sp³-hybridized carbons (Fsp3) is 0.722. The molecule has 144 valence electrons. The standard InChI is InChI=1S/C18H25NO7/c1-4-25-14(20)10-18(17(22)26-5-2)9-8-12-13(19(23)24)7-6-11(3)15(12)16(18)21/h12-13H,4-10H2,1-3H3/t12-,13+,18-/m0/s1. The zero-order chi connectivity index (χ0) is 19.5. The van der Waals surface area contributed by atoms with Crippen molar-refractivity contribution in [3.63, 3.8) is 0 Å². The molecule has 0 aromatic rings. The molecule has 0 heterocycles. The summed E-state index contributed by atoms with van der Waals surface area (Å²) in [5.74, 6) is -2.42. The van der Waals surface area contributed by atoms with Gasteiger partial charge in [0.15, 0.2) is 5.78 Å². The monoisotopic (exact) mass is 367 g/mol. The van der Waals surface area contributed by atoms with E-state index in [2.05, 4.69) is 0 Å². The zero-order valence-electron chi connectivity index (χ0n) is 15.4. The molecular formula is C18H25NO7. The van der Waals surface area contributed by atoms with Gasteiger partial charge in [0.2, 0.25) is 6.04 Å². The molecule has 2 aliphatic rings. The van der Waals surface area contributed by atoms with E-state index in [1.165, 1.54) is 0 Å². The second kappa shape index (κ2) is 7.97. The molecule has 0 aromatic carbocycles. The molecule has 0 unspecified atom stereocenters. The third kappa shape index (κ3) is 3.50. The minimum atomic E-state index is -1.64. The predicted molar refractivity (Wildman–Crippen MR) is 90.8 cm³/mol. The number of ether oxygens (including phenoxy) is 2. The lowest BCUT2D eigenvalue weighted by Gasteiger charge is -2.40. The second-order valence-corrected chi connectivity index (χ2v) is 6.84. The van der Waals surface area contributed by atoms with Gasteiger partial charge in [0, 0.05) is 16.9 Å². The number of esters is 2. The summed E-state index contributed by atoms with van der Waals surface area (Å²) in [6.45, 7) is 5.25. The Morgan fingerprint density at radius 1 is 1.23 bits per heavy atom. The molecule has 0 bridgehead atoms. The molecular weight excluding hydrogens is 342 g/mol. The Bertz CT molecular complexity index is 654. The van der Waals surface area contributed by atoms with Crippen molar-refractivity contribution in [3.8, 4) is 0 Å². The molecule has 0 amide bonds. The van der Waals surface area contributed by atoms with Crippen LogP contribution in [0.25, 0.3) is 0 Å². The van der Waals surface area contributed by atoms with Crippen molar-refractivity contribution in [1.29, 1.82) is 0 Å². The van der Waals surface area contributed by atoms with Gasteiger partial charge < -0.3 is 9.47 Å². The van der Waals surface area contributed by atoms with Crippen LogP contribution in [0.4, 0.5) is 0 Å². The summed E-state index contributed by atoms with van der Waals surface area (Å²) < 4.78 is 10.0. The van der Waals surface area contributed by atoms with Crippen molar-refractivity contribution >= 4 is 17.7 Å². The van der Waals surface area contributed by atoms with Crippen molar-refractivity contribution in [3.05, 3.63) is 21.3 Å². The van der Waals surface area contributed by atoms with Crippen molar-refractivity contribution in [2.45, 2.75) is 58.9 Å². The predicted octanol–water partition coefficient (Wildman–Crippen LogP) is 2.22. The van der Waals surface area contributed by atoms with Gasteiger partial charge in [0.25, 0.3) is 0 Å². The van der Waals surface area contributed by atoms with Crippen molar-refractivity contribution in [2.24, 2.45) is 11.3 Å². The van der Waals surface area contributed by atoms with Crippen LogP contribution in [0, 0.1) is 21.4 Å². The number of Topliss-reactive ketones (excluding diaryl/α,β-unsaturated/α-hetero) is 1. The van der Waals surface area contributed by atoms with Gasteiger partial charge in [0.1, 0.15) is 5.41 Å². The summed E-state index contributed by atoms with van der Waals surface area (Å²) in [7, 11) is 0. The fourth-order valence-corrected chi connectivity index (χ4v) is 4.10. The van der Waals surface area contributed by atoms with E-state index in [1.54, 1.807) is 20.8 Å². The van der Waals surface area contributed by atoms with Crippen LogP contribution >= 0.6 is 0 Å². The van der Waals surface area contributed by atoms with E-state index in [9.17, 15) is 24.5 Å². The maximum absolute atomic E-state index is 13.3. The highest BCUT2D eigenvalue weighted by Crippen LogP contribution is 2.48. The van der Waals surface area contributed by atoms with E-state index < -0.39 is 41.5 Å². The van der Waals surface area contributed by atoms with Gasteiger partial charge in [-0.15, -0.1) is 0 Å². The SMILES string of the molecule is CCOC(=O)C[C@@]1(C(=O)OCC)CC[C@@H]2C(=C(C)CC[C@H]2[N+](=O)[O-])C1=O. The lowest BCUT2D eigenvalue weighted by Crippen LogP contribution is -2.51. The van der Waals surface area contributed by atoms with Crippen molar-refractivity contribution in [2.75, 3.05) is 13.2 Å². The van der Waals surface area contributed by atoms with Gasteiger partial charge in [-0.05, 0) is 40.0 Å². The summed E-state index contributed by atoms with van der Waals surface area (Å²) >= 11 is 0. The molecule has 0 aromatic heterocycles. The summed E-state index contributed by atoms with van der Waals surface area (Å²) in [5, 5.41) is 11.4. The summed E-state index contributed by atoms with van der Waals surface area (Å²) in [6.07, 6.45) is 0.759. The Hall–Kier alpha value is -2.25. The maximum atomic E-state index is 13.3. The molecule has 0 saturated heterocycles. The van der Waals surface area contributed by atoms with Gasteiger partial charge in [0.05, 0.1) is 25.6 Å². The minimum absolute atomic E-state index is 0.0509. The van der Waals surface area contributed by atoms with Crippen LogP contribution in [0.2, 0.25) is 0 Å². The number of ketones is 1. The van der Waals surface area contributed by atoms with E-state index in [-0.39, 0.29) is 24.6 Å². The van der Waals surface area contributed by atoms with E-state index >= 15 is 0 Å². The summed E-state index contributed by atoms with van der Waals surface area (Å²) in [4.78, 5) is 49.1. The Morgan fingerprint density at radius 2 is 1.88 bits per heavy atom. The van der Waals surface area contributed by atoms with Gasteiger partial charge in [-0.25, -0.2) is 0 Å². The number of hydrogen-bond acceptors (Lipinski definition) is 7. The fourth-order valence-electron chi connectivity index (χ4n) is 4.10. The smallest absolute Gasteiger partial charge is 0.320 e. The number of fused-ring (bicyclic) bond motifs is 1. The number of nitrogens with zero attached hydrogens (tertiary/aromatic N) is 1. The Morgan fingerprint density at radius 3 is 2.46 bits per heavy atom. The molecule has 8 nitrogen and oxygen atoms in total.